The summed E-state index contributed by atoms with van der Waals surface area (Å²) in [6.07, 6.45) is 0. The molecule has 1 aromatic heterocycles. The molecule has 0 atom stereocenters. The largest absolute Gasteiger partial charge is 0.493 e. The maximum Gasteiger partial charge on any atom is 0.283 e. The Bertz CT molecular complexity index is 1430. The van der Waals surface area contributed by atoms with Crippen molar-refractivity contribution < 1.29 is 24.2 Å². The SMILES string of the molecule is O=C(CNC(=O)c1ccc2c(c1)OCCO2)N=Nc1c(O)n(Cc2ccccc2)c2ccccc12. The Hall–Kier alpha value is -4.66. The summed E-state index contributed by atoms with van der Waals surface area (Å²) in [5, 5.41) is 21.8. The number of carbonyl (C=O) groups is 2. The molecule has 0 fully saturated rings. The number of para-hydroxylation sites is 1. The zero-order valence-corrected chi connectivity index (χ0v) is 18.7. The Morgan fingerprint density at radius 2 is 1.69 bits per heavy atom. The second-order valence-corrected chi connectivity index (χ2v) is 7.90. The minimum Gasteiger partial charge on any atom is -0.493 e. The van der Waals surface area contributed by atoms with Gasteiger partial charge in [0.15, 0.2) is 17.2 Å². The molecule has 35 heavy (non-hydrogen) atoms. The van der Waals surface area contributed by atoms with Crippen LogP contribution in [0.25, 0.3) is 10.9 Å². The molecule has 1 aliphatic heterocycles. The molecule has 0 unspecified atom stereocenters. The first-order valence-electron chi connectivity index (χ1n) is 11.1. The number of carbonyl (C=O) groups excluding carboxylic acids is 2. The van der Waals surface area contributed by atoms with Crippen LogP contribution in [0.4, 0.5) is 5.69 Å². The highest BCUT2D eigenvalue weighted by molar-refractivity contribution is 5.97. The van der Waals surface area contributed by atoms with Crippen molar-refractivity contribution in [2.75, 3.05) is 19.8 Å². The minimum atomic E-state index is -0.657. The summed E-state index contributed by atoms with van der Waals surface area (Å²) in [6, 6.07) is 21.9. The molecule has 176 valence electrons. The van der Waals surface area contributed by atoms with E-state index >= 15 is 0 Å². The quantitative estimate of drug-likeness (QED) is 0.410. The van der Waals surface area contributed by atoms with Crippen LogP contribution in [-0.2, 0) is 11.3 Å². The van der Waals surface area contributed by atoms with Gasteiger partial charge in [0, 0.05) is 10.9 Å². The smallest absolute Gasteiger partial charge is 0.283 e. The molecule has 2 amide bonds. The second kappa shape index (κ2) is 9.68. The van der Waals surface area contributed by atoms with Gasteiger partial charge in [-0.25, -0.2) is 0 Å². The lowest BCUT2D eigenvalue weighted by Crippen LogP contribution is -2.28. The highest BCUT2D eigenvalue weighted by Gasteiger charge is 2.18. The fourth-order valence-corrected chi connectivity index (χ4v) is 3.88. The van der Waals surface area contributed by atoms with Crippen molar-refractivity contribution in [3.8, 4) is 17.4 Å². The lowest BCUT2D eigenvalue weighted by molar-refractivity contribution is -0.117. The summed E-state index contributed by atoms with van der Waals surface area (Å²) >= 11 is 0. The molecule has 9 heteroatoms. The van der Waals surface area contributed by atoms with Gasteiger partial charge in [-0.1, -0.05) is 48.5 Å². The molecular weight excluding hydrogens is 448 g/mol. The van der Waals surface area contributed by atoms with Crippen molar-refractivity contribution in [2.24, 2.45) is 10.2 Å². The van der Waals surface area contributed by atoms with Gasteiger partial charge in [-0.15, -0.1) is 10.2 Å². The predicted octanol–water partition coefficient (Wildman–Crippen LogP) is 4.21. The first-order chi connectivity index (χ1) is 17.1. The molecule has 1 aliphatic rings. The third kappa shape index (κ3) is 4.70. The molecule has 4 aromatic rings. The van der Waals surface area contributed by atoms with E-state index in [1.807, 2.05) is 48.5 Å². The number of aromatic hydroxyl groups is 1. The van der Waals surface area contributed by atoms with Crippen molar-refractivity contribution in [3.05, 3.63) is 83.9 Å². The molecule has 9 nitrogen and oxygen atoms in total. The van der Waals surface area contributed by atoms with Crippen molar-refractivity contribution >= 4 is 28.4 Å². The van der Waals surface area contributed by atoms with Gasteiger partial charge in [-0.05, 0) is 29.8 Å². The third-order valence-corrected chi connectivity index (χ3v) is 5.57. The van der Waals surface area contributed by atoms with Crippen LogP contribution >= 0.6 is 0 Å². The van der Waals surface area contributed by atoms with E-state index in [1.54, 1.807) is 28.8 Å². The number of amides is 2. The summed E-state index contributed by atoms with van der Waals surface area (Å²) in [5.74, 6) is -0.142. The summed E-state index contributed by atoms with van der Waals surface area (Å²) < 4.78 is 12.6. The zero-order valence-electron chi connectivity index (χ0n) is 18.7. The maximum absolute atomic E-state index is 12.4. The Balaban J connectivity index is 1.29. The lowest BCUT2D eigenvalue weighted by Gasteiger charge is -2.18. The second-order valence-electron chi connectivity index (χ2n) is 7.90. The fraction of sp³-hybridized carbons (Fsp3) is 0.154. The van der Waals surface area contributed by atoms with Crippen molar-refractivity contribution in [2.45, 2.75) is 6.54 Å². The van der Waals surface area contributed by atoms with Crippen LogP contribution in [0.15, 0.2) is 83.0 Å². The van der Waals surface area contributed by atoms with Crippen LogP contribution in [0.1, 0.15) is 15.9 Å². The molecule has 0 saturated heterocycles. The molecule has 3 aromatic carbocycles. The Labute approximate surface area is 200 Å². The average molecular weight is 470 g/mol. The van der Waals surface area contributed by atoms with E-state index in [0.717, 1.165) is 11.1 Å². The summed E-state index contributed by atoms with van der Waals surface area (Å²) in [4.78, 5) is 24.8. The highest BCUT2D eigenvalue weighted by atomic mass is 16.6. The van der Waals surface area contributed by atoms with Crippen LogP contribution < -0.4 is 14.8 Å². The number of nitrogens with one attached hydrogen (secondary N) is 1. The first-order valence-corrected chi connectivity index (χ1v) is 11.1. The van der Waals surface area contributed by atoms with Crippen LogP contribution in [0.3, 0.4) is 0 Å². The molecular formula is C26H22N4O5. The molecule has 2 N–H and O–H groups in total. The van der Waals surface area contributed by atoms with Crippen LogP contribution in [0.5, 0.6) is 17.4 Å². The van der Waals surface area contributed by atoms with E-state index < -0.39 is 11.8 Å². The number of hydrogen-bond donors (Lipinski definition) is 2. The number of fused-ring (bicyclic) bond motifs is 2. The van der Waals surface area contributed by atoms with Gasteiger partial charge in [-0.2, -0.15) is 0 Å². The zero-order chi connectivity index (χ0) is 24.2. The maximum atomic E-state index is 12.4. The minimum absolute atomic E-state index is 0.0908. The topological polar surface area (TPSA) is 115 Å². The van der Waals surface area contributed by atoms with Gasteiger partial charge in [0.05, 0.1) is 12.1 Å². The molecule has 2 heterocycles. The standard InChI is InChI=1S/C26H22N4O5/c31-23(15-27-25(32)18-10-11-21-22(14-18)35-13-12-34-21)28-29-24-19-8-4-5-9-20(19)30(26(24)33)16-17-6-2-1-3-7-17/h1-11,14,33H,12-13,15-16H2,(H,27,32). The van der Waals surface area contributed by atoms with Gasteiger partial charge in [0.25, 0.3) is 11.8 Å². The Morgan fingerprint density at radius 3 is 2.51 bits per heavy atom. The third-order valence-electron chi connectivity index (χ3n) is 5.57. The lowest BCUT2D eigenvalue weighted by atomic mass is 10.2. The number of nitrogens with zero attached hydrogens (tertiary/aromatic N) is 3. The fourth-order valence-electron chi connectivity index (χ4n) is 3.88. The molecule has 5 rings (SSSR count). The van der Waals surface area contributed by atoms with E-state index in [9.17, 15) is 14.7 Å². The normalized spacial score (nSPS) is 12.7. The van der Waals surface area contributed by atoms with Crippen LogP contribution in [0, 0.1) is 0 Å². The van der Waals surface area contributed by atoms with Gasteiger partial charge in [0.2, 0.25) is 5.88 Å². The number of aromatic nitrogens is 1. The van der Waals surface area contributed by atoms with Gasteiger partial charge >= 0.3 is 0 Å². The van der Waals surface area contributed by atoms with E-state index in [0.29, 0.717) is 42.2 Å². The van der Waals surface area contributed by atoms with Gasteiger partial charge in [-0.3, -0.25) is 9.59 Å². The molecule has 0 aliphatic carbocycles. The highest BCUT2D eigenvalue weighted by Crippen LogP contribution is 2.39. The van der Waals surface area contributed by atoms with Crippen LogP contribution in [0.2, 0.25) is 0 Å². The predicted molar refractivity (Wildman–Crippen MR) is 128 cm³/mol. The van der Waals surface area contributed by atoms with Gasteiger partial charge < -0.3 is 24.5 Å². The summed E-state index contributed by atoms with van der Waals surface area (Å²) in [7, 11) is 0. The van der Waals surface area contributed by atoms with E-state index in [2.05, 4.69) is 15.5 Å². The number of hydrogen-bond acceptors (Lipinski definition) is 6. The number of ether oxygens (including phenoxy) is 2. The summed E-state index contributed by atoms with van der Waals surface area (Å²) in [5.41, 5.74) is 2.30. The number of rotatable bonds is 6. The van der Waals surface area contributed by atoms with Crippen molar-refractivity contribution in [1.29, 1.82) is 0 Å². The monoisotopic (exact) mass is 470 g/mol. The molecule has 0 spiro atoms. The van der Waals surface area contributed by atoms with E-state index in [4.69, 9.17) is 9.47 Å². The van der Waals surface area contributed by atoms with E-state index in [1.165, 1.54) is 0 Å². The van der Waals surface area contributed by atoms with E-state index in [-0.39, 0.29) is 18.1 Å². The molecule has 0 bridgehead atoms. The average Bonchev–Trinajstić information content (AvgIpc) is 3.16. The molecule has 0 saturated carbocycles. The molecule has 0 radical (unpaired) electrons. The Kier molecular flexibility index (Phi) is 6.13. The first kappa shape index (κ1) is 22.1. The number of benzene rings is 3. The Morgan fingerprint density at radius 1 is 0.943 bits per heavy atom. The summed E-state index contributed by atoms with van der Waals surface area (Å²) in [6.45, 7) is 0.951. The van der Waals surface area contributed by atoms with Gasteiger partial charge in [0.1, 0.15) is 19.8 Å². The van der Waals surface area contributed by atoms with Crippen molar-refractivity contribution in [3.63, 3.8) is 0 Å². The number of azo groups is 1. The van der Waals surface area contributed by atoms with Crippen molar-refractivity contribution in [1.82, 2.24) is 9.88 Å². The van der Waals surface area contributed by atoms with Crippen LogP contribution in [-0.4, -0.2) is 41.2 Å².